The van der Waals surface area contributed by atoms with E-state index >= 15 is 0 Å². The van der Waals surface area contributed by atoms with Gasteiger partial charge in [0.15, 0.2) is 5.96 Å². The molecule has 1 aliphatic rings. The second-order valence-corrected chi connectivity index (χ2v) is 5.70. The smallest absolute Gasteiger partial charge is 0.193 e. The van der Waals surface area contributed by atoms with Crippen molar-refractivity contribution in [2.45, 2.75) is 39.0 Å². The van der Waals surface area contributed by atoms with Gasteiger partial charge in [-0.25, -0.2) is 0 Å². The summed E-state index contributed by atoms with van der Waals surface area (Å²) in [5.41, 5.74) is 0.451. The molecule has 0 atom stereocenters. The summed E-state index contributed by atoms with van der Waals surface area (Å²) in [7, 11) is 3.95. The van der Waals surface area contributed by atoms with Crippen LogP contribution in [0.4, 0.5) is 0 Å². The van der Waals surface area contributed by atoms with Crippen molar-refractivity contribution < 1.29 is 4.74 Å². The van der Waals surface area contributed by atoms with Gasteiger partial charge in [0.1, 0.15) is 0 Å². The van der Waals surface area contributed by atoms with Crippen LogP contribution in [0.25, 0.3) is 0 Å². The molecule has 1 fully saturated rings. The highest BCUT2D eigenvalue weighted by Gasteiger charge is 2.42. The van der Waals surface area contributed by atoms with Gasteiger partial charge in [0.25, 0.3) is 0 Å². The van der Waals surface area contributed by atoms with Crippen LogP contribution < -0.4 is 5.32 Å². The normalized spacial score (nSPS) is 16.0. The number of guanidine groups is 1. The van der Waals surface area contributed by atoms with E-state index in [0.29, 0.717) is 5.41 Å². The molecule has 0 saturated heterocycles. The first-order valence-corrected chi connectivity index (χ1v) is 7.78. The number of allylic oxidation sites excluding steroid dienone is 1. The lowest BCUT2D eigenvalue weighted by Gasteiger charge is -2.24. The van der Waals surface area contributed by atoms with Gasteiger partial charge in [0.2, 0.25) is 0 Å². The van der Waals surface area contributed by atoms with E-state index in [4.69, 9.17) is 4.74 Å². The molecule has 1 saturated carbocycles. The van der Waals surface area contributed by atoms with Crippen molar-refractivity contribution in [3.05, 3.63) is 12.7 Å². The quantitative estimate of drug-likeness (QED) is 0.198. The van der Waals surface area contributed by atoms with E-state index < -0.39 is 0 Å². The third-order valence-electron chi connectivity index (χ3n) is 4.03. The molecule has 1 N–H and O–H groups in total. The van der Waals surface area contributed by atoms with Crippen molar-refractivity contribution in [3.63, 3.8) is 0 Å². The number of halogens is 1. The van der Waals surface area contributed by atoms with E-state index in [1.807, 2.05) is 13.1 Å². The number of unbranched alkanes of at least 4 members (excludes halogenated alkanes) is 1. The summed E-state index contributed by atoms with van der Waals surface area (Å²) in [6.45, 7) is 9.53. The fourth-order valence-corrected chi connectivity index (χ4v) is 2.35. The Hall–Kier alpha value is -0.300. The lowest BCUT2D eigenvalue weighted by Crippen LogP contribution is -2.42. The number of rotatable bonds is 10. The predicted molar refractivity (Wildman–Crippen MR) is 102 cm³/mol. The minimum absolute atomic E-state index is 0. The Morgan fingerprint density at radius 3 is 2.71 bits per heavy atom. The average molecular weight is 409 g/mol. The topological polar surface area (TPSA) is 36.9 Å². The maximum Gasteiger partial charge on any atom is 0.193 e. The van der Waals surface area contributed by atoms with Crippen molar-refractivity contribution in [1.29, 1.82) is 0 Å². The fraction of sp³-hybridized carbons (Fsp3) is 0.812. The molecule has 0 bridgehead atoms. The van der Waals surface area contributed by atoms with Crippen molar-refractivity contribution in [1.82, 2.24) is 10.2 Å². The van der Waals surface area contributed by atoms with E-state index in [0.717, 1.165) is 51.5 Å². The summed E-state index contributed by atoms with van der Waals surface area (Å²) in [6.07, 6.45) is 7.92. The van der Waals surface area contributed by atoms with Crippen LogP contribution >= 0.6 is 24.0 Å². The number of hydrogen-bond acceptors (Lipinski definition) is 2. The van der Waals surface area contributed by atoms with Gasteiger partial charge in [-0.2, -0.15) is 0 Å². The van der Waals surface area contributed by atoms with Gasteiger partial charge in [-0.3, -0.25) is 4.99 Å². The molecule has 0 aromatic heterocycles. The molecule has 1 aliphatic carbocycles. The Kier molecular flexibility index (Phi) is 11.1. The summed E-state index contributed by atoms with van der Waals surface area (Å²) >= 11 is 0. The van der Waals surface area contributed by atoms with Gasteiger partial charge in [-0.05, 0) is 44.4 Å². The van der Waals surface area contributed by atoms with Gasteiger partial charge in [-0.15, -0.1) is 30.6 Å². The minimum Gasteiger partial charge on any atom is -0.382 e. The van der Waals surface area contributed by atoms with Crippen molar-refractivity contribution in [3.8, 4) is 0 Å². The first-order chi connectivity index (χ1) is 9.67. The molecular formula is C16H32IN3O. The van der Waals surface area contributed by atoms with Crippen LogP contribution in [0, 0.1) is 5.41 Å². The molecule has 0 radical (unpaired) electrons. The molecular weight excluding hydrogens is 377 g/mol. The Morgan fingerprint density at radius 2 is 2.19 bits per heavy atom. The number of nitrogens with one attached hydrogen (secondary N) is 1. The maximum absolute atomic E-state index is 5.48. The van der Waals surface area contributed by atoms with Crippen LogP contribution in [0.5, 0.6) is 0 Å². The van der Waals surface area contributed by atoms with Crippen molar-refractivity contribution in [2.75, 3.05) is 40.4 Å². The summed E-state index contributed by atoms with van der Waals surface area (Å²) < 4.78 is 5.48. The summed E-state index contributed by atoms with van der Waals surface area (Å²) in [4.78, 5) is 6.56. The van der Waals surface area contributed by atoms with Crippen LogP contribution in [0.15, 0.2) is 17.6 Å². The summed E-state index contributed by atoms with van der Waals surface area (Å²) in [5, 5.41) is 3.52. The highest BCUT2D eigenvalue weighted by atomic mass is 127. The molecule has 124 valence electrons. The predicted octanol–water partition coefficient (Wildman–Crippen LogP) is 3.28. The molecule has 0 aliphatic heterocycles. The van der Waals surface area contributed by atoms with Crippen LogP contribution in [-0.4, -0.2) is 51.3 Å². The molecule has 5 heteroatoms. The third kappa shape index (κ3) is 8.04. The Balaban J connectivity index is 0.00000400. The molecule has 21 heavy (non-hydrogen) atoms. The molecule has 4 nitrogen and oxygen atoms in total. The standard InChI is InChI=1S/C16H31N3O.HI/c1-5-7-8-12-19(4)15(17-3)18-14-16(9-10-16)11-13-20-6-2;/h5H,1,6-14H2,2-4H3,(H,17,18);1H. The molecule has 0 amide bonds. The molecule has 0 aromatic rings. The highest BCUT2D eigenvalue weighted by molar-refractivity contribution is 14.0. The largest absolute Gasteiger partial charge is 0.382 e. The molecule has 0 heterocycles. The Bertz CT molecular complexity index is 317. The number of nitrogens with zero attached hydrogens (tertiary/aromatic N) is 2. The van der Waals surface area contributed by atoms with Crippen molar-refractivity contribution in [2.24, 2.45) is 10.4 Å². The molecule has 0 unspecified atom stereocenters. The van der Waals surface area contributed by atoms with Gasteiger partial charge in [-0.1, -0.05) is 6.08 Å². The Morgan fingerprint density at radius 1 is 1.48 bits per heavy atom. The average Bonchev–Trinajstić information content (AvgIpc) is 3.20. The number of ether oxygens (including phenoxy) is 1. The second kappa shape index (κ2) is 11.3. The van der Waals surface area contributed by atoms with E-state index in [2.05, 4.69) is 35.8 Å². The highest BCUT2D eigenvalue weighted by Crippen LogP contribution is 2.48. The number of aliphatic imine (C=N–C) groups is 1. The van der Waals surface area contributed by atoms with Crippen molar-refractivity contribution >= 4 is 29.9 Å². The zero-order chi connectivity index (χ0) is 14.8. The SMILES string of the molecule is C=CCCCN(C)C(=NC)NCC1(CCOCC)CC1.I. The zero-order valence-corrected chi connectivity index (χ0v) is 16.2. The van der Waals surface area contributed by atoms with Crippen LogP contribution in [-0.2, 0) is 4.74 Å². The van der Waals surface area contributed by atoms with E-state index in [9.17, 15) is 0 Å². The van der Waals surface area contributed by atoms with Crippen LogP contribution in [0.2, 0.25) is 0 Å². The third-order valence-corrected chi connectivity index (χ3v) is 4.03. The van der Waals surface area contributed by atoms with E-state index in [-0.39, 0.29) is 24.0 Å². The summed E-state index contributed by atoms with van der Waals surface area (Å²) in [5.74, 6) is 0.997. The molecule has 0 aromatic carbocycles. The minimum atomic E-state index is 0. The fourth-order valence-electron chi connectivity index (χ4n) is 2.35. The second-order valence-electron chi connectivity index (χ2n) is 5.70. The maximum atomic E-state index is 5.48. The lowest BCUT2D eigenvalue weighted by molar-refractivity contribution is 0.128. The molecule has 0 spiro atoms. The summed E-state index contributed by atoms with van der Waals surface area (Å²) in [6, 6.07) is 0. The van der Waals surface area contributed by atoms with E-state index in [1.165, 1.54) is 12.8 Å². The van der Waals surface area contributed by atoms with Crippen LogP contribution in [0.3, 0.4) is 0 Å². The zero-order valence-electron chi connectivity index (χ0n) is 13.9. The van der Waals surface area contributed by atoms with Gasteiger partial charge in [0.05, 0.1) is 0 Å². The van der Waals surface area contributed by atoms with Gasteiger partial charge in [0, 0.05) is 40.4 Å². The first kappa shape index (κ1) is 20.7. The van der Waals surface area contributed by atoms with Crippen LogP contribution in [0.1, 0.15) is 39.0 Å². The number of hydrogen-bond donors (Lipinski definition) is 1. The monoisotopic (exact) mass is 409 g/mol. The van der Waals surface area contributed by atoms with E-state index in [1.54, 1.807) is 0 Å². The van der Waals surface area contributed by atoms with Gasteiger partial charge < -0.3 is 15.0 Å². The Labute approximate surface area is 147 Å². The lowest BCUT2D eigenvalue weighted by atomic mass is 10.0. The van der Waals surface area contributed by atoms with Gasteiger partial charge >= 0.3 is 0 Å². The first-order valence-electron chi connectivity index (χ1n) is 7.78. The molecule has 1 rings (SSSR count).